The normalized spacial score (nSPS) is 10.8. The van der Waals surface area contributed by atoms with Crippen molar-refractivity contribution in [3.63, 3.8) is 0 Å². The number of carbonyl (C=O) groups is 1. The summed E-state index contributed by atoms with van der Waals surface area (Å²) in [5, 5.41) is 2.70. The van der Waals surface area contributed by atoms with E-state index < -0.39 is 11.6 Å². The van der Waals surface area contributed by atoms with Crippen LogP contribution in [0.4, 0.5) is 14.5 Å². The van der Waals surface area contributed by atoms with Gasteiger partial charge in [0, 0.05) is 25.2 Å². The Labute approximate surface area is 125 Å². The van der Waals surface area contributed by atoms with Crippen LogP contribution in [0.5, 0.6) is 0 Å². The molecule has 0 aromatic heterocycles. The van der Waals surface area contributed by atoms with Gasteiger partial charge >= 0.3 is 0 Å². The minimum atomic E-state index is -0.729. The van der Waals surface area contributed by atoms with Gasteiger partial charge in [0.05, 0.1) is 0 Å². The van der Waals surface area contributed by atoms with E-state index in [2.05, 4.69) is 5.32 Å². The van der Waals surface area contributed by atoms with E-state index in [0.29, 0.717) is 25.6 Å². The molecule has 118 valence electrons. The van der Waals surface area contributed by atoms with E-state index in [-0.39, 0.29) is 17.2 Å². The molecule has 1 rings (SSSR count). The molecule has 0 aliphatic carbocycles. The molecule has 0 unspecified atom stereocenters. The molecule has 0 radical (unpaired) electrons. The predicted octanol–water partition coefficient (Wildman–Crippen LogP) is 3.90. The SMILES string of the molecule is CCCNc1c(F)cc(C(=O)N(CC)CC(C)C)cc1F. The van der Waals surface area contributed by atoms with Crippen molar-refractivity contribution in [2.24, 2.45) is 5.92 Å². The number of nitrogens with zero attached hydrogens (tertiary/aromatic N) is 1. The smallest absolute Gasteiger partial charge is 0.254 e. The number of halogens is 2. The monoisotopic (exact) mass is 298 g/mol. The number of hydrogen-bond donors (Lipinski definition) is 1. The zero-order chi connectivity index (χ0) is 16.0. The predicted molar refractivity (Wildman–Crippen MR) is 81.6 cm³/mol. The fourth-order valence-electron chi connectivity index (χ4n) is 2.09. The first kappa shape index (κ1) is 17.4. The fourth-order valence-corrected chi connectivity index (χ4v) is 2.09. The highest BCUT2D eigenvalue weighted by atomic mass is 19.1. The fraction of sp³-hybridized carbons (Fsp3) is 0.562. The number of rotatable bonds is 7. The number of carbonyl (C=O) groups excluding carboxylic acids is 1. The first-order chi connectivity index (χ1) is 9.90. The summed E-state index contributed by atoms with van der Waals surface area (Å²) in [4.78, 5) is 13.9. The lowest BCUT2D eigenvalue weighted by Crippen LogP contribution is -2.34. The van der Waals surface area contributed by atoms with Gasteiger partial charge < -0.3 is 10.2 Å². The van der Waals surface area contributed by atoms with Crippen molar-refractivity contribution in [2.45, 2.75) is 34.1 Å². The van der Waals surface area contributed by atoms with E-state index >= 15 is 0 Å². The maximum atomic E-state index is 14.0. The van der Waals surface area contributed by atoms with Gasteiger partial charge in [0.15, 0.2) is 0 Å². The van der Waals surface area contributed by atoms with E-state index in [1.165, 1.54) is 0 Å². The summed E-state index contributed by atoms with van der Waals surface area (Å²) < 4.78 is 27.9. The van der Waals surface area contributed by atoms with Crippen LogP contribution in [-0.2, 0) is 0 Å². The minimum Gasteiger partial charge on any atom is -0.380 e. The number of anilines is 1. The van der Waals surface area contributed by atoms with Crippen molar-refractivity contribution in [1.82, 2.24) is 4.90 Å². The zero-order valence-electron chi connectivity index (χ0n) is 13.2. The highest BCUT2D eigenvalue weighted by Crippen LogP contribution is 2.22. The second-order valence-electron chi connectivity index (χ2n) is 5.48. The third kappa shape index (κ3) is 4.69. The highest BCUT2D eigenvalue weighted by Gasteiger charge is 2.19. The minimum absolute atomic E-state index is 0.0505. The molecule has 1 aromatic rings. The Bertz CT molecular complexity index is 466. The average Bonchev–Trinajstić information content (AvgIpc) is 2.42. The Morgan fingerprint density at radius 2 is 1.81 bits per heavy atom. The standard InChI is InChI=1S/C16H24F2N2O/c1-5-7-19-15-13(17)8-12(9-14(15)18)16(21)20(6-2)10-11(3)4/h8-9,11,19H,5-7,10H2,1-4H3. The van der Waals surface area contributed by atoms with Crippen LogP contribution in [0.15, 0.2) is 12.1 Å². The topological polar surface area (TPSA) is 32.3 Å². The second kappa shape index (κ2) is 7.96. The molecule has 3 nitrogen and oxygen atoms in total. The van der Waals surface area contributed by atoms with Gasteiger partial charge in [-0.2, -0.15) is 0 Å². The Morgan fingerprint density at radius 3 is 2.24 bits per heavy atom. The molecule has 1 N–H and O–H groups in total. The molecule has 1 aromatic carbocycles. The molecule has 5 heteroatoms. The Morgan fingerprint density at radius 1 is 1.24 bits per heavy atom. The Kier molecular flexibility index (Phi) is 6.59. The number of hydrogen-bond acceptors (Lipinski definition) is 2. The summed E-state index contributed by atoms with van der Waals surface area (Å²) in [7, 11) is 0. The lowest BCUT2D eigenvalue weighted by molar-refractivity contribution is 0.0745. The third-order valence-corrected chi connectivity index (χ3v) is 3.10. The van der Waals surface area contributed by atoms with Crippen LogP contribution in [-0.4, -0.2) is 30.4 Å². The van der Waals surface area contributed by atoms with E-state index in [1.807, 2.05) is 27.7 Å². The number of benzene rings is 1. The summed E-state index contributed by atoms with van der Waals surface area (Å²) >= 11 is 0. The lowest BCUT2D eigenvalue weighted by atomic mass is 10.1. The van der Waals surface area contributed by atoms with Gasteiger partial charge in [0.1, 0.15) is 17.3 Å². The highest BCUT2D eigenvalue weighted by molar-refractivity contribution is 5.94. The van der Waals surface area contributed by atoms with Gasteiger partial charge in [-0.25, -0.2) is 8.78 Å². The average molecular weight is 298 g/mol. The van der Waals surface area contributed by atoms with Crippen molar-refractivity contribution in [3.8, 4) is 0 Å². The maximum absolute atomic E-state index is 14.0. The van der Waals surface area contributed by atoms with Gasteiger partial charge in [-0.05, 0) is 31.4 Å². The summed E-state index contributed by atoms with van der Waals surface area (Å²) in [6.45, 7) is 9.31. The maximum Gasteiger partial charge on any atom is 0.254 e. The van der Waals surface area contributed by atoms with Gasteiger partial charge in [-0.15, -0.1) is 0 Å². The zero-order valence-corrected chi connectivity index (χ0v) is 13.2. The molecule has 0 saturated carbocycles. The van der Waals surface area contributed by atoms with Crippen LogP contribution in [0.1, 0.15) is 44.5 Å². The third-order valence-electron chi connectivity index (χ3n) is 3.10. The van der Waals surface area contributed by atoms with E-state index in [0.717, 1.165) is 18.6 Å². The molecule has 0 aliphatic rings. The van der Waals surface area contributed by atoms with Crippen LogP contribution in [0.25, 0.3) is 0 Å². The molecule has 0 fully saturated rings. The first-order valence-electron chi connectivity index (χ1n) is 7.42. The van der Waals surface area contributed by atoms with Crippen molar-refractivity contribution in [2.75, 3.05) is 25.0 Å². The summed E-state index contributed by atoms with van der Waals surface area (Å²) in [6.07, 6.45) is 0.761. The molecular weight excluding hydrogens is 274 g/mol. The van der Waals surface area contributed by atoms with E-state index in [4.69, 9.17) is 0 Å². The van der Waals surface area contributed by atoms with Crippen molar-refractivity contribution in [3.05, 3.63) is 29.3 Å². The summed E-state index contributed by atoms with van der Waals surface area (Å²) in [6, 6.07) is 2.21. The van der Waals surface area contributed by atoms with Crippen LogP contribution in [0.3, 0.4) is 0 Å². The van der Waals surface area contributed by atoms with Gasteiger partial charge in [-0.3, -0.25) is 4.79 Å². The molecule has 0 bridgehead atoms. The van der Waals surface area contributed by atoms with E-state index in [9.17, 15) is 13.6 Å². The second-order valence-corrected chi connectivity index (χ2v) is 5.48. The van der Waals surface area contributed by atoms with Crippen LogP contribution in [0.2, 0.25) is 0 Å². The molecule has 0 saturated heterocycles. The van der Waals surface area contributed by atoms with Crippen LogP contribution in [0, 0.1) is 17.6 Å². The van der Waals surface area contributed by atoms with Crippen molar-refractivity contribution in [1.29, 1.82) is 0 Å². The van der Waals surface area contributed by atoms with Crippen molar-refractivity contribution >= 4 is 11.6 Å². The lowest BCUT2D eigenvalue weighted by Gasteiger charge is -2.23. The van der Waals surface area contributed by atoms with Gasteiger partial charge in [0.25, 0.3) is 5.91 Å². The van der Waals surface area contributed by atoms with Gasteiger partial charge in [-0.1, -0.05) is 20.8 Å². The first-order valence-corrected chi connectivity index (χ1v) is 7.42. The largest absolute Gasteiger partial charge is 0.380 e. The Balaban J connectivity index is 3.00. The summed E-state index contributed by atoms with van der Waals surface area (Å²) in [5.41, 5.74) is -0.116. The molecule has 0 atom stereocenters. The molecule has 0 heterocycles. The molecule has 0 aliphatic heterocycles. The molecular formula is C16H24F2N2O. The number of nitrogens with one attached hydrogen (secondary N) is 1. The molecule has 21 heavy (non-hydrogen) atoms. The van der Waals surface area contributed by atoms with Crippen LogP contribution < -0.4 is 5.32 Å². The van der Waals surface area contributed by atoms with Gasteiger partial charge in [0.2, 0.25) is 0 Å². The summed E-state index contributed by atoms with van der Waals surface area (Å²) in [5.74, 6) is -1.50. The Hall–Kier alpha value is -1.65. The van der Waals surface area contributed by atoms with E-state index in [1.54, 1.807) is 4.90 Å². The van der Waals surface area contributed by atoms with Crippen LogP contribution >= 0.6 is 0 Å². The molecule has 0 spiro atoms. The quantitative estimate of drug-likeness (QED) is 0.828. The van der Waals surface area contributed by atoms with Crippen molar-refractivity contribution < 1.29 is 13.6 Å². The molecule has 1 amide bonds. The number of amides is 1.